The number of carbonyl (C=O) groups is 1. The number of ether oxygens (including phenoxy) is 2. The van der Waals surface area contributed by atoms with E-state index in [1.54, 1.807) is 30.5 Å². The summed E-state index contributed by atoms with van der Waals surface area (Å²) in [5.41, 5.74) is 7.34. The van der Waals surface area contributed by atoms with Crippen LogP contribution in [0.1, 0.15) is 21.5 Å². The average Bonchev–Trinajstić information content (AvgIpc) is 2.52. The second-order valence-electron chi connectivity index (χ2n) is 4.22. The minimum Gasteiger partial charge on any atom is -0.497 e. The first kappa shape index (κ1) is 14.5. The molecular weight excluding hydrogens is 270 g/mol. The van der Waals surface area contributed by atoms with E-state index in [0.717, 1.165) is 11.8 Å². The van der Waals surface area contributed by atoms with Crippen LogP contribution >= 0.6 is 0 Å². The molecule has 2 aromatic rings. The number of nitrogen functional groups attached to an aromatic ring is 1. The molecule has 0 radical (unpaired) electrons. The topological polar surface area (TPSA) is 98.3 Å². The van der Waals surface area contributed by atoms with Gasteiger partial charge < -0.3 is 20.6 Å². The Kier molecular flexibility index (Phi) is 4.50. The van der Waals surface area contributed by atoms with Crippen molar-refractivity contribution < 1.29 is 14.3 Å². The Morgan fingerprint density at radius 3 is 2.86 bits per heavy atom. The van der Waals surface area contributed by atoms with E-state index in [2.05, 4.69) is 4.98 Å². The molecule has 2 rings (SSSR count). The van der Waals surface area contributed by atoms with Gasteiger partial charge in [0.15, 0.2) is 6.29 Å². The lowest BCUT2D eigenvalue weighted by Gasteiger charge is -2.12. The molecule has 1 heterocycles. The largest absolute Gasteiger partial charge is 0.497 e. The van der Waals surface area contributed by atoms with Crippen molar-refractivity contribution in [3.05, 3.63) is 47.2 Å². The molecule has 0 saturated heterocycles. The number of benzene rings is 1. The van der Waals surface area contributed by atoms with Crippen LogP contribution < -0.4 is 15.2 Å². The smallest absolute Gasteiger partial charge is 0.153 e. The van der Waals surface area contributed by atoms with Crippen molar-refractivity contribution in [1.29, 1.82) is 5.41 Å². The Labute approximate surface area is 122 Å². The number of carbonyl (C=O) groups excluding carboxylic acids is 1. The highest BCUT2D eigenvalue weighted by Crippen LogP contribution is 2.24. The molecule has 21 heavy (non-hydrogen) atoms. The minimum absolute atomic E-state index is 0.185. The number of hydrogen-bond acceptors (Lipinski definition) is 6. The molecule has 1 aromatic carbocycles. The molecule has 1 aromatic heterocycles. The normalized spacial score (nSPS) is 9.95. The number of aromatic nitrogens is 1. The lowest BCUT2D eigenvalue weighted by molar-refractivity contribution is 0.111. The van der Waals surface area contributed by atoms with Crippen molar-refractivity contribution >= 4 is 18.3 Å². The molecule has 0 unspecified atom stereocenters. The van der Waals surface area contributed by atoms with Crippen LogP contribution in [-0.4, -0.2) is 24.6 Å². The third-order valence-electron chi connectivity index (χ3n) is 2.98. The molecule has 0 saturated carbocycles. The van der Waals surface area contributed by atoms with Crippen LogP contribution in [0.2, 0.25) is 0 Å². The van der Waals surface area contributed by atoms with Gasteiger partial charge in [-0.15, -0.1) is 0 Å². The second kappa shape index (κ2) is 6.51. The number of nitrogens with two attached hydrogens (primary N) is 1. The first-order valence-corrected chi connectivity index (χ1v) is 6.19. The van der Waals surface area contributed by atoms with Gasteiger partial charge in [0.1, 0.15) is 23.9 Å². The molecule has 0 aliphatic carbocycles. The number of nitrogens with zero attached hydrogens (tertiary/aromatic N) is 1. The van der Waals surface area contributed by atoms with E-state index >= 15 is 0 Å². The third kappa shape index (κ3) is 3.17. The van der Waals surface area contributed by atoms with Crippen molar-refractivity contribution in [3.63, 3.8) is 0 Å². The van der Waals surface area contributed by atoms with Crippen LogP contribution in [0.5, 0.6) is 11.5 Å². The van der Waals surface area contributed by atoms with Gasteiger partial charge >= 0.3 is 0 Å². The van der Waals surface area contributed by atoms with Gasteiger partial charge in [-0.3, -0.25) is 4.79 Å². The third-order valence-corrected chi connectivity index (χ3v) is 2.98. The molecular formula is C15H15N3O3. The molecule has 0 amide bonds. The summed E-state index contributed by atoms with van der Waals surface area (Å²) in [6, 6.07) is 6.69. The Hall–Kier alpha value is -2.89. The van der Waals surface area contributed by atoms with E-state index in [4.69, 9.17) is 20.6 Å². The Morgan fingerprint density at radius 1 is 1.38 bits per heavy atom. The maximum absolute atomic E-state index is 11.1. The SMILES string of the molecule is COc1ccc(OCc2ccnc(N)c2C=N)c(C=O)c1. The summed E-state index contributed by atoms with van der Waals surface area (Å²) < 4.78 is 10.7. The highest BCUT2D eigenvalue weighted by molar-refractivity contribution is 5.85. The number of aldehydes is 1. The Balaban J connectivity index is 2.22. The molecule has 0 aliphatic rings. The number of anilines is 1. The summed E-state index contributed by atoms with van der Waals surface area (Å²) >= 11 is 0. The lowest BCUT2D eigenvalue weighted by Crippen LogP contribution is -2.05. The molecule has 0 atom stereocenters. The fourth-order valence-electron chi connectivity index (χ4n) is 1.86. The van der Waals surface area contributed by atoms with Crippen molar-refractivity contribution in [2.75, 3.05) is 12.8 Å². The van der Waals surface area contributed by atoms with Gasteiger partial charge in [0.05, 0.1) is 12.7 Å². The zero-order chi connectivity index (χ0) is 15.2. The lowest BCUT2D eigenvalue weighted by atomic mass is 10.1. The molecule has 3 N–H and O–H groups in total. The molecule has 0 fully saturated rings. The van der Waals surface area contributed by atoms with Gasteiger partial charge in [0.2, 0.25) is 0 Å². The maximum atomic E-state index is 11.1. The van der Waals surface area contributed by atoms with E-state index in [1.807, 2.05) is 0 Å². The summed E-state index contributed by atoms with van der Waals surface area (Å²) in [5.74, 6) is 1.30. The molecule has 108 valence electrons. The van der Waals surface area contributed by atoms with Crippen LogP contribution in [0.3, 0.4) is 0 Å². The van der Waals surface area contributed by atoms with Crippen molar-refractivity contribution in [2.24, 2.45) is 0 Å². The fourth-order valence-corrected chi connectivity index (χ4v) is 1.86. The summed E-state index contributed by atoms with van der Waals surface area (Å²) in [5, 5.41) is 7.37. The summed E-state index contributed by atoms with van der Waals surface area (Å²) in [4.78, 5) is 15.0. The first-order valence-electron chi connectivity index (χ1n) is 6.19. The highest BCUT2D eigenvalue weighted by atomic mass is 16.5. The number of pyridine rings is 1. The van der Waals surface area contributed by atoms with Crippen LogP contribution in [0.4, 0.5) is 5.82 Å². The van der Waals surface area contributed by atoms with Crippen LogP contribution in [-0.2, 0) is 6.61 Å². The van der Waals surface area contributed by atoms with E-state index in [9.17, 15) is 4.79 Å². The Morgan fingerprint density at radius 2 is 2.19 bits per heavy atom. The predicted molar refractivity (Wildman–Crippen MR) is 79.2 cm³/mol. The monoisotopic (exact) mass is 285 g/mol. The first-order chi connectivity index (χ1) is 10.2. The van der Waals surface area contributed by atoms with E-state index in [1.165, 1.54) is 7.11 Å². The predicted octanol–water partition coefficient (Wildman–Crippen LogP) is 2.06. The van der Waals surface area contributed by atoms with E-state index < -0.39 is 0 Å². The van der Waals surface area contributed by atoms with E-state index in [0.29, 0.717) is 28.9 Å². The second-order valence-corrected chi connectivity index (χ2v) is 4.22. The number of rotatable bonds is 6. The molecule has 0 aliphatic heterocycles. The number of hydrogen-bond donors (Lipinski definition) is 2. The minimum atomic E-state index is 0.185. The zero-order valence-corrected chi connectivity index (χ0v) is 11.5. The Bertz CT molecular complexity index is 671. The van der Waals surface area contributed by atoms with Gasteiger partial charge in [-0.05, 0) is 24.3 Å². The summed E-state index contributed by atoms with van der Waals surface area (Å²) in [7, 11) is 1.53. The highest BCUT2D eigenvalue weighted by Gasteiger charge is 2.09. The maximum Gasteiger partial charge on any atom is 0.153 e. The summed E-state index contributed by atoms with van der Waals surface area (Å²) in [6.07, 6.45) is 3.39. The summed E-state index contributed by atoms with van der Waals surface area (Å²) in [6.45, 7) is 0.185. The average molecular weight is 285 g/mol. The van der Waals surface area contributed by atoms with Crippen LogP contribution in [0.15, 0.2) is 30.5 Å². The van der Waals surface area contributed by atoms with Crippen molar-refractivity contribution in [2.45, 2.75) is 6.61 Å². The molecule has 6 nitrogen and oxygen atoms in total. The molecule has 0 spiro atoms. The standard InChI is InChI=1S/C15H15N3O3/c1-20-12-2-3-14(11(6-12)8-19)21-9-10-4-5-18-15(17)13(10)7-16/h2-8,16H,9H2,1H3,(H2,17,18). The molecule has 0 bridgehead atoms. The van der Waals surface area contributed by atoms with Gasteiger partial charge in [-0.25, -0.2) is 4.98 Å². The quantitative estimate of drug-likeness (QED) is 0.625. The van der Waals surface area contributed by atoms with Crippen LogP contribution in [0.25, 0.3) is 0 Å². The van der Waals surface area contributed by atoms with Crippen molar-refractivity contribution in [1.82, 2.24) is 4.98 Å². The number of nitrogens with one attached hydrogen (secondary N) is 1. The number of methoxy groups -OCH3 is 1. The van der Waals surface area contributed by atoms with E-state index in [-0.39, 0.29) is 12.4 Å². The van der Waals surface area contributed by atoms with Gasteiger partial charge in [0, 0.05) is 23.5 Å². The fraction of sp³-hybridized carbons (Fsp3) is 0.133. The molecule has 6 heteroatoms. The van der Waals surface area contributed by atoms with Gasteiger partial charge in [-0.2, -0.15) is 0 Å². The van der Waals surface area contributed by atoms with Crippen molar-refractivity contribution in [3.8, 4) is 11.5 Å². The van der Waals surface area contributed by atoms with Gasteiger partial charge in [0.25, 0.3) is 0 Å². The van der Waals surface area contributed by atoms with Crippen LogP contribution in [0, 0.1) is 5.41 Å². The van der Waals surface area contributed by atoms with Gasteiger partial charge in [-0.1, -0.05) is 0 Å². The zero-order valence-electron chi connectivity index (χ0n) is 11.5.